The molecule has 25 heavy (non-hydrogen) atoms. The van der Waals surface area contributed by atoms with Crippen LogP contribution in [-0.2, 0) is 17.8 Å². The van der Waals surface area contributed by atoms with E-state index in [0.717, 1.165) is 0 Å². The minimum absolute atomic E-state index is 0.0722. The van der Waals surface area contributed by atoms with Gasteiger partial charge >= 0.3 is 6.09 Å². The van der Waals surface area contributed by atoms with Gasteiger partial charge < -0.3 is 24.7 Å². The van der Waals surface area contributed by atoms with Gasteiger partial charge in [-0.2, -0.15) is 5.10 Å². The number of nitrogens with zero attached hydrogens (tertiary/aromatic N) is 4. The fraction of sp³-hybridized carbons (Fsp3) is 0.688. The lowest BCUT2D eigenvalue weighted by Crippen LogP contribution is -2.36. The number of amides is 2. The highest BCUT2D eigenvalue weighted by Crippen LogP contribution is 2.27. The quantitative estimate of drug-likeness (QED) is 0.831. The van der Waals surface area contributed by atoms with Crippen LogP contribution in [0.5, 0.6) is 5.75 Å². The molecule has 0 bridgehead atoms. The third-order valence-corrected chi connectivity index (χ3v) is 3.80. The predicted octanol–water partition coefficient (Wildman–Crippen LogP) is 0.794. The van der Waals surface area contributed by atoms with Crippen LogP contribution in [0.15, 0.2) is 0 Å². The van der Waals surface area contributed by atoms with E-state index in [1.165, 1.54) is 16.8 Å². The van der Waals surface area contributed by atoms with E-state index in [4.69, 9.17) is 9.84 Å². The molecule has 9 heteroatoms. The number of likely N-dealkylation sites (N-methyl/N-ethyl adjacent to an activating group) is 1. The second-order valence-electron chi connectivity index (χ2n) is 7.07. The van der Waals surface area contributed by atoms with Crippen molar-refractivity contribution in [3.8, 4) is 5.75 Å². The summed E-state index contributed by atoms with van der Waals surface area (Å²) in [7, 11) is 1.52. The summed E-state index contributed by atoms with van der Waals surface area (Å²) in [5.41, 5.74) is -0.277. The maximum absolute atomic E-state index is 12.3. The number of aliphatic hydroxyl groups excluding tert-OH is 1. The van der Waals surface area contributed by atoms with E-state index in [-0.39, 0.29) is 31.1 Å². The molecule has 2 rings (SSSR count). The first kappa shape index (κ1) is 19.0. The van der Waals surface area contributed by atoms with Crippen LogP contribution < -0.4 is 0 Å². The molecule has 0 saturated carbocycles. The Balaban J connectivity index is 2.23. The van der Waals surface area contributed by atoms with E-state index in [2.05, 4.69) is 5.10 Å². The zero-order valence-corrected chi connectivity index (χ0v) is 15.2. The van der Waals surface area contributed by atoms with Gasteiger partial charge in [0, 0.05) is 26.7 Å². The van der Waals surface area contributed by atoms with Crippen molar-refractivity contribution in [1.29, 1.82) is 0 Å². The maximum atomic E-state index is 12.3. The summed E-state index contributed by atoms with van der Waals surface area (Å²) < 4.78 is 6.94. The smallest absolute Gasteiger partial charge is 0.410 e. The molecule has 0 aromatic carbocycles. The number of rotatable bonds is 3. The molecule has 0 spiro atoms. The van der Waals surface area contributed by atoms with E-state index in [1.807, 2.05) is 0 Å². The fourth-order valence-corrected chi connectivity index (χ4v) is 2.56. The average Bonchev–Trinajstić information content (AvgIpc) is 2.70. The zero-order valence-electron chi connectivity index (χ0n) is 15.2. The standard InChI is InChI=1S/C16H26N4O5/c1-16(2,3)25-15(24)19-6-5-7-20-11(10-19)13(22)12(17-20)14(23)18(4)8-9-21/h21-22H,5-10H2,1-4H3. The number of aliphatic hydroxyl groups is 1. The van der Waals surface area contributed by atoms with Crippen LogP contribution in [0, 0.1) is 0 Å². The van der Waals surface area contributed by atoms with Crippen LogP contribution in [0.3, 0.4) is 0 Å². The van der Waals surface area contributed by atoms with Crippen molar-refractivity contribution in [2.75, 3.05) is 26.7 Å². The number of fused-ring (bicyclic) bond motifs is 1. The van der Waals surface area contributed by atoms with Crippen LogP contribution in [0.4, 0.5) is 4.79 Å². The topological polar surface area (TPSA) is 108 Å². The minimum Gasteiger partial charge on any atom is -0.504 e. The highest BCUT2D eigenvalue weighted by atomic mass is 16.6. The molecular weight excluding hydrogens is 328 g/mol. The molecule has 140 valence electrons. The van der Waals surface area contributed by atoms with Crippen LogP contribution in [0.1, 0.15) is 43.4 Å². The first-order valence-corrected chi connectivity index (χ1v) is 8.27. The summed E-state index contributed by atoms with van der Waals surface area (Å²) in [4.78, 5) is 27.4. The average molecular weight is 354 g/mol. The molecule has 0 fully saturated rings. The number of hydrogen-bond acceptors (Lipinski definition) is 6. The molecule has 1 aromatic heterocycles. The maximum Gasteiger partial charge on any atom is 0.410 e. The number of aryl methyl sites for hydroxylation is 1. The Morgan fingerprint density at radius 2 is 2.00 bits per heavy atom. The van der Waals surface area contributed by atoms with E-state index in [0.29, 0.717) is 25.2 Å². The first-order valence-electron chi connectivity index (χ1n) is 8.27. The van der Waals surface area contributed by atoms with Crippen LogP contribution in [-0.4, -0.2) is 74.1 Å². The molecule has 1 aliphatic heterocycles. The van der Waals surface area contributed by atoms with Crippen molar-refractivity contribution in [2.45, 2.75) is 45.9 Å². The molecule has 0 atom stereocenters. The Kier molecular flexibility index (Phi) is 5.56. The molecule has 0 unspecified atom stereocenters. The minimum atomic E-state index is -0.611. The summed E-state index contributed by atoms with van der Waals surface area (Å²) in [6, 6.07) is 0. The summed E-state index contributed by atoms with van der Waals surface area (Å²) in [5, 5.41) is 23.6. The van der Waals surface area contributed by atoms with E-state index in [9.17, 15) is 14.7 Å². The van der Waals surface area contributed by atoms with Gasteiger partial charge in [-0.05, 0) is 27.2 Å². The van der Waals surface area contributed by atoms with Gasteiger partial charge in [0.1, 0.15) is 11.3 Å². The molecule has 2 heterocycles. The lowest BCUT2D eigenvalue weighted by atomic mass is 10.2. The molecule has 2 amide bonds. The van der Waals surface area contributed by atoms with Crippen molar-refractivity contribution in [1.82, 2.24) is 19.6 Å². The molecule has 0 saturated heterocycles. The van der Waals surface area contributed by atoms with E-state index >= 15 is 0 Å². The number of aromatic nitrogens is 2. The number of ether oxygens (including phenoxy) is 1. The van der Waals surface area contributed by atoms with Crippen molar-refractivity contribution in [2.24, 2.45) is 0 Å². The Morgan fingerprint density at radius 1 is 1.32 bits per heavy atom. The van der Waals surface area contributed by atoms with Crippen molar-refractivity contribution >= 4 is 12.0 Å². The molecule has 9 nitrogen and oxygen atoms in total. The number of carbonyl (C=O) groups excluding carboxylic acids is 2. The van der Waals surface area contributed by atoms with Crippen LogP contribution in [0.2, 0.25) is 0 Å². The molecule has 1 aromatic rings. The highest BCUT2D eigenvalue weighted by Gasteiger charge is 2.30. The van der Waals surface area contributed by atoms with Gasteiger partial charge in [-0.1, -0.05) is 0 Å². The summed E-state index contributed by atoms with van der Waals surface area (Å²) in [6.07, 6.45) is 0.167. The second kappa shape index (κ2) is 7.30. The SMILES string of the molecule is CN(CCO)C(=O)c1nn2c(c1O)CN(C(=O)OC(C)(C)C)CCC2. The van der Waals surface area contributed by atoms with Crippen LogP contribution >= 0.6 is 0 Å². The lowest BCUT2D eigenvalue weighted by molar-refractivity contribution is 0.0236. The first-order chi connectivity index (χ1) is 11.6. The molecular formula is C16H26N4O5. The van der Waals surface area contributed by atoms with Crippen molar-refractivity contribution in [3.63, 3.8) is 0 Å². The van der Waals surface area contributed by atoms with Gasteiger partial charge in [-0.25, -0.2) is 4.79 Å². The van der Waals surface area contributed by atoms with Gasteiger partial charge in [0.25, 0.3) is 5.91 Å². The van der Waals surface area contributed by atoms with E-state index < -0.39 is 17.6 Å². The Bertz CT molecular complexity index is 650. The summed E-state index contributed by atoms with van der Waals surface area (Å²) >= 11 is 0. The summed E-state index contributed by atoms with van der Waals surface area (Å²) in [6.45, 7) is 6.41. The number of hydrogen-bond donors (Lipinski definition) is 2. The highest BCUT2D eigenvalue weighted by molar-refractivity contribution is 5.95. The largest absolute Gasteiger partial charge is 0.504 e. The Hall–Kier alpha value is -2.29. The molecule has 0 aliphatic carbocycles. The van der Waals surface area contributed by atoms with Crippen molar-refractivity contribution < 1.29 is 24.5 Å². The van der Waals surface area contributed by atoms with Gasteiger partial charge in [-0.3, -0.25) is 9.48 Å². The number of aromatic hydroxyl groups is 1. The Morgan fingerprint density at radius 3 is 2.60 bits per heavy atom. The molecule has 2 N–H and O–H groups in total. The second-order valence-corrected chi connectivity index (χ2v) is 7.07. The monoisotopic (exact) mass is 354 g/mol. The third-order valence-electron chi connectivity index (χ3n) is 3.80. The molecule has 1 aliphatic rings. The van der Waals surface area contributed by atoms with Gasteiger partial charge in [-0.15, -0.1) is 0 Å². The zero-order chi connectivity index (χ0) is 18.8. The van der Waals surface area contributed by atoms with Crippen molar-refractivity contribution in [3.05, 3.63) is 11.4 Å². The molecule has 0 radical (unpaired) electrons. The Labute approximate surface area is 146 Å². The lowest BCUT2D eigenvalue weighted by Gasteiger charge is -2.26. The van der Waals surface area contributed by atoms with Gasteiger partial charge in [0.2, 0.25) is 0 Å². The van der Waals surface area contributed by atoms with Gasteiger partial charge in [0.05, 0.1) is 13.2 Å². The van der Waals surface area contributed by atoms with Gasteiger partial charge in [0.15, 0.2) is 11.4 Å². The normalized spacial score (nSPS) is 14.7. The fourth-order valence-electron chi connectivity index (χ4n) is 2.56. The predicted molar refractivity (Wildman–Crippen MR) is 89.2 cm³/mol. The van der Waals surface area contributed by atoms with Crippen LogP contribution in [0.25, 0.3) is 0 Å². The third kappa shape index (κ3) is 4.41. The summed E-state index contributed by atoms with van der Waals surface area (Å²) in [5.74, 6) is -0.707. The number of carbonyl (C=O) groups is 2. The van der Waals surface area contributed by atoms with E-state index in [1.54, 1.807) is 25.5 Å².